The Bertz CT molecular complexity index is 674. The van der Waals surface area contributed by atoms with Gasteiger partial charge in [-0.05, 0) is 37.7 Å². The average molecular weight is 500 g/mol. The van der Waals surface area contributed by atoms with Crippen LogP contribution in [0.15, 0.2) is 23.3 Å². The van der Waals surface area contributed by atoms with Crippen LogP contribution in [0, 0.1) is 11.8 Å². The molecule has 28 heavy (non-hydrogen) atoms. The summed E-state index contributed by atoms with van der Waals surface area (Å²) in [5, 5.41) is 3.52. The molecule has 7 nitrogen and oxygen atoms in total. The molecule has 8 heteroatoms. The van der Waals surface area contributed by atoms with E-state index in [2.05, 4.69) is 38.1 Å². The minimum absolute atomic E-state index is 0. The van der Waals surface area contributed by atoms with E-state index in [0.717, 1.165) is 56.4 Å². The number of aliphatic imine (C=N–C) groups is 1. The first-order valence-electron chi connectivity index (χ1n) is 10.0. The van der Waals surface area contributed by atoms with E-state index in [1.54, 1.807) is 0 Å². The van der Waals surface area contributed by atoms with Gasteiger partial charge in [0.05, 0.1) is 0 Å². The molecule has 2 aliphatic heterocycles. The van der Waals surface area contributed by atoms with Crippen molar-refractivity contribution in [2.24, 2.45) is 22.6 Å². The monoisotopic (exact) mass is 500 g/mol. The number of pyridine rings is 1. The van der Waals surface area contributed by atoms with Crippen molar-refractivity contribution >= 4 is 41.7 Å². The van der Waals surface area contributed by atoms with E-state index in [4.69, 9.17) is 5.73 Å². The maximum Gasteiger partial charge on any atom is 0.220 e. The van der Waals surface area contributed by atoms with Crippen LogP contribution < -0.4 is 16.0 Å². The predicted octanol–water partition coefficient (Wildman–Crippen LogP) is 2.21. The summed E-state index contributed by atoms with van der Waals surface area (Å²) < 4.78 is 0. The third-order valence-electron chi connectivity index (χ3n) is 5.67. The van der Waals surface area contributed by atoms with Crippen molar-refractivity contribution < 1.29 is 4.79 Å². The number of amides is 1. The summed E-state index contributed by atoms with van der Waals surface area (Å²) in [5.74, 6) is 2.47. The zero-order valence-corrected chi connectivity index (χ0v) is 19.3. The van der Waals surface area contributed by atoms with Crippen LogP contribution in [0.4, 0.5) is 5.82 Å². The van der Waals surface area contributed by atoms with E-state index in [9.17, 15) is 4.79 Å². The Morgan fingerprint density at radius 2 is 2.07 bits per heavy atom. The minimum Gasteiger partial charge on any atom is -0.369 e. The normalized spacial score (nSPS) is 21.2. The summed E-state index contributed by atoms with van der Waals surface area (Å²) in [4.78, 5) is 25.1. The molecule has 1 unspecified atom stereocenters. The molecule has 2 fully saturated rings. The van der Waals surface area contributed by atoms with Gasteiger partial charge in [-0.15, -0.1) is 24.0 Å². The van der Waals surface area contributed by atoms with Crippen LogP contribution in [0.25, 0.3) is 0 Å². The Kier molecular flexibility index (Phi) is 8.78. The lowest BCUT2D eigenvalue weighted by molar-refractivity contribution is -0.122. The fourth-order valence-electron chi connectivity index (χ4n) is 4.12. The molecule has 0 aliphatic carbocycles. The van der Waals surface area contributed by atoms with Gasteiger partial charge >= 0.3 is 0 Å². The predicted molar refractivity (Wildman–Crippen MR) is 124 cm³/mol. The lowest BCUT2D eigenvalue weighted by Crippen LogP contribution is -2.46. The Labute approximate surface area is 185 Å². The molecule has 0 bridgehead atoms. The lowest BCUT2D eigenvalue weighted by atomic mass is 9.96. The van der Waals surface area contributed by atoms with E-state index in [0.29, 0.717) is 12.5 Å². The summed E-state index contributed by atoms with van der Waals surface area (Å²) in [7, 11) is 1.85. The maximum absolute atomic E-state index is 11.4. The van der Waals surface area contributed by atoms with E-state index in [-0.39, 0.29) is 35.8 Å². The maximum atomic E-state index is 11.4. The standard InChI is InChI=1S/C20H32N6O.HI/c1-15-5-4-10-26(14-15)20(22-2)24-13-17-6-3-9-23-19(17)25-11-7-16(8-12-25)18(21)27;/h3,6,9,15-16H,4-5,7-8,10-14H2,1-2H3,(H2,21,27)(H,22,24);1H. The van der Waals surface area contributed by atoms with Crippen LogP contribution in [-0.2, 0) is 11.3 Å². The molecule has 0 aromatic carbocycles. The fraction of sp³-hybridized carbons (Fsp3) is 0.650. The lowest BCUT2D eigenvalue weighted by Gasteiger charge is -2.34. The number of piperidine rings is 2. The molecule has 3 heterocycles. The third kappa shape index (κ3) is 5.71. The Balaban J connectivity index is 0.00000280. The first-order valence-corrected chi connectivity index (χ1v) is 10.0. The number of nitrogens with one attached hydrogen (secondary N) is 1. The number of hydrogen-bond acceptors (Lipinski definition) is 4. The van der Waals surface area contributed by atoms with Crippen LogP contribution in [-0.4, -0.2) is 55.0 Å². The van der Waals surface area contributed by atoms with Crippen molar-refractivity contribution in [2.45, 2.75) is 39.2 Å². The number of hydrogen-bond donors (Lipinski definition) is 2. The number of carbonyl (C=O) groups is 1. The van der Waals surface area contributed by atoms with Crippen molar-refractivity contribution in [3.8, 4) is 0 Å². The zero-order valence-electron chi connectivity index (χ0n) is 16.9. The number of nitrogens with zero attached hydrogens (tertiary/aromatic N) is 4. The number of likely N-dealkylation sites (tertiary alicyclic amines) is 1. The number of primary amides is 1. The summed E-state index contributed by atoms with van der Waals surface area (Å²) >= 11 is 0. The second kappa shape index (κ2) is 10.8. The molecule has 1 atom stereocenters. The van der Waals surface area contributed by atoms with Gasteiger partial charge in [-0.25, -0.2) is 4.98 Å². The van der Waals surface area contributed by atoms with Gasteiger partial charge in [-0.2, -0.15) is 0 Å². The van der Waals surface area contributed by atoms with E-state index in [1.165, 1.54) is 12.8 Å². The summed E-state index contributed by atoms with van der Waals surface area (Å²) in [6.45, 7) is 6.74. The number of guanidine groups is 1. The van der Waals surface area contributed by atoms with Crippen LogP contribution in [0.3, 0.4) is 0 Å². The zero-order chi connectivity index (χ0) is 19.2. The number of anilines is 1. The SMILES string of the molecule is CN=C(NCc1cccnc1N1CCC(C(N)=O)CC1)N1CCCC(C)C1.I. The van der Waals surface area contributed by atoms with Crippen molar-refractivity contribution in [3.05, 3.63) is 23.9 Å². The number of rotatable bonds is 4. The van der Waals surface area contributed by atoms with Crippen LogP contribution in [0.1, 0.15) is 38.2 Å². The van der Waals surface area contributed by atoms with E-state index >= 15 is 0 Å². The van der Waals surface area contributed by atoms with E-state index in [1.807, 2.05) is 19.3 Å². The van der Waals surface area contributed by atoms with Crippen LogP contribution >= 0.6 is 24.0 Å². The van der Waals surface area contributed by atoms with Gasteiger partial charge in [-0.1, -0.05) is 13.0 Å². The van der Waals surface area contributed by atoms with Gasteiger partial charge in [0.2, 0.25) is 5.91 Å². The van der Waals surface area contributed by atoms with Crippen LogP contribution in [0.5, 0.6) is 0 Å². The highest BCUT2D eigenvalue weighted by Crippen LogP contribution is 2.24. The molecular weight excluding hydrogens is 467 g/mol. The molecule has 3 rings (SSSR count). The summed E-state index contributed by atoms with van der Waals surface area (Å²) in [6.07, 6.45) is 5.94. The quantitative estimate of drug-likeness (QED) is 0.376. The van der Waals surface area contributed by atoms with Gasteiger partial charge in [0.1, 0.15) is 5.82 Å². The molecule has 3 N–H and O–H groups in total. The minimum atomic E-state index is -0.183. The molecule has 2 saturated heterocycles. The smallest absolute Gasteiger partial charge is 0.220 e. The number of aromatic nitrogens is 1. The van der Waals surface area contributed by atoms with Gasteiger partial charge in [-0.3, -0.25) is 9.79 Å². The van der Waals surface area contributed by atoms with Crippen molar-refractivity contribution in [1.82, 2.24) is 15.2 Å². The van der Waals surface area contributed by atoms with Crippen molar-refractivity contribution in [2.75, 3.05) is 38.1 Å². The summed E-state index contributed by atoms with van der Waals surface area (Å²) in [5.41, 5.74) is 6.61. The van der Waals surface area contributed by atoms with Gasteiger partial charge < -0.3 is 20.9 Å². The first-order chi connectivity index (χ1) is 13.1. The largest absolute Gasteiger partial charge is 0.369 e. The first kappa shape index (κ1) is 22.7. The molecule has 1 aromatic heterocycles. The Morgan fingerprint density at radius 3 is 2.71 bits per heavy atom. The second-order valence-electron chi connectivity index (χ2n) is 7.74. The topological polar surface area (TPSA) is 86.9 Å². The molecule has 0 saturated carbocycles. The van der Waals surface area contributed by atoms with Gasteiger partial charge in [0, 0.05) is 57.4 Å². The molecule has 156 valence electrons. The van der Waals surface area contributed by atoms with Crippen molar-refractivity contribution in [1.29, 1.82) is 0 Å². The molecule has 0 spiro atoms. The highest BCUT2D eigenvalue weighted by molar-refractivity contribution is 14.0. The van der Waals surface area contributed by atoms with Crippen molar-refractivity contribution in [3.63, 3.8) is 0 Å². The Hall–Kier alpha value is -1.58. The fourth-order valence-corrected chi connectivity index (χ4v) is 4.12. The molecular formula is C20H33IN6O. The molecule has 1 aromatic rings. The highest BCUT2D eigenvalue weighted by Gasteiger charge is 2.25. The van der Waals surface area contributed by atoms with E-state index < -0.39 is 0 Å². The third-order valence-corrected chi connectivity index (χ3v) is 5.67. The Morgan fingerprint density at radius 1 is 1.32 bits per heavy atom. The second-order valence-corrected chi connectivity index (χ2v) is 7.74. The number of nitrogens with two attached hydrogens (primary N) is 1. The highest BCUT2D eigenvalue weighted by atomic mass is 127. The summed E-state index contributed by atoms with van der Waals surface area (Å²) in [6, 6.07) is 4.09. The number of carbonyl (C=O) groups excluding carboxylic acids is 1. The van der Waals surface area contributed by atoms with Gasteiger partial charge in [0.15, 0.2) is 5.96 Å². The van der Waals surface area contributed by atoms with Crippen LogP contribution in [0.2, 0.25) is 0 Å². The molecule has 0 radical (unpaired) electrons. The molecule has 1 amide bonds. The van der Waals surface area contributed by atoms with Gasteiger partial charge in [0.25, 0.3) is 0 Å². The molecule has 2 aliphatic rings. The number of halogens is 1. The average Bonchev–Trinajstić information content (AvgIpc) is 2.69.